The smallest absolute Gasteiger partial charge is 0.250 e. The molecule has 0 radical (unpaired) electrons. The Morgan fingerprint density at radius 1 is 0.906 bits per heavy atom. The van der Waals surface area contributed by atoms with E-state index in [1.807, 2.05) is 48.9 Å². The highest BCUT2D eigenvalue weighted by Crippen LogP contribution is 2.19. The van der Waals surface area contributed by atoms with Crippen LogP contribution in [-0.4, -0.2) is 32.6 Å². The van der Waals surface area contributed by atoms with E-state index in [4.69, 9.17) is 4.74 Å². The lowest BCUT2D eigenvalue weighted by Crippen LogP contribution is -2.24. The largest absolute Gasteiger partial charge is 0.494 e. The van der Waals surface area contributed by atoms with Gasteiger partial charge in [0.2, 0.25) is 0 Å². The van der Waals surface area contributed by atoms with Gasteiger partial charge in [-0.15, -0.1) is 0 Å². The summed E-state index contributed by atoms with van der Waals surface area (Å²) in [5.74, 6) is 0.833. The molecule has 3 aromatic heterocycles. The molecule has 0 bridgehead atoms. The number of aryl methyl sites for hydroxylation is 1. The van der Waals surface area contributed by atoms with E-state index in [2.05, 4.69) is 33.1 Å². The Hall–Kier alpha value is -3.51. The van der Waals surface area contributed by atoms with E-state index in [1.54, 1.807) is 23.9 Å². The Bertz CT molecular complexity index is 1150. The highest BCUT2D eigenvalue weighted by Gasteiger charge is 2.08. The first-order valence-electron chi connectivity index (χ1n) is 10.9. The average molecular weight is 429 g/mol. The molecule has 0 saturated heterocycles. The zero-order chi connectivity index (χ0) is 22.2. The summed E-state index contributed by atoms with van der Waals surface area (Å²) in [6.45, 7) is 3.37. The van der Waals surface area contributed by atoms with Gasteiger partial charge in [-0.05, 0) is 73.0 Å². The lowest BCUT2D eigenvalue weighted by atomic mass is 10.2. The second kappa shape index (κ2) is 10.7. The van der Waals surface area contributed by atoms with Crippen LogP contribution in [0.25, 0.3) is 10.9 Å². The molecule has 6 nitrogen and oxygen atoms in total. The molecule has 0 unspecified atom stereocenters. The summed E-state index contributed by atoms with van der Waals surface area (Å²) in [5, 5.41) is 1.00. The van der Waals surface area contributed by atoms with E-state index >= 15 is 0 Å². The lowest BCUT2D eigenvalue weighted by molar-refractivity contribution is 0.236. The minimum Gasteiger partial charge on any atom is -0.494 e. The van der Waals surface area contributed by atoms with Crippen LogP contribution in [0.3, 0.4) is 0 Å². The molecule has 0 N–H and O–H groups in total. The number of hydrogen-bond acceptors (Lipinski definition) is 5. The maximum absolute atomic E-state index is 11.8. The van der Waals surface area contributed by atoms with Crippen LogP contribution in [0.5, 0.6) is 5.75 Å². The molecule has 0 aliphatic rings. The SMILES string of the molecule is Cn1c(=O)ccc2cc(OCCCCN(Cc3ccncc3)Cc3cccnc3)ccc21. The number of unbranched alkanes of at least 4 members (excludes halogenated alkanes) is 1. The zero-order valence-corrected chi connectivity index (χ0v) is 18.4. The number of hydrogen-bond donors (Lipinski definition) is 0. The quantitative estimate of drug-likeness (QED) is 0.355. The molecule has 0 amide bonds. The minimum absolute atomic E-state index is 0.00577. The number of pyridine rings is 3. The maximum Gasteiger partial charge on any atom is 0.250 e. The second-order valence-electron chi connectivity index (χ2n) is 7.93. The minimum atomic E-state index is -0.00577. The molecule has 4 aromatic rings. The zero-order valence-electron chi connectivity index (χ0n) is 18.4. The number of nitrogens with zero attached hydrogens (tertiary/aromatic N) is 4. The monoisotopic (exact) mass is 428 g/mol. The fourth-order valence-corrected chi connectivity index (χ4v) is 3.79. The lowest BCUT2D eigenvalue weighted by Gasteiger charge is -2.22. The van der Waals surface area contributed by atoms with Gasteiger partial charge in [-0.2, -0.15) is 0 Å². The molecule has 32 heavy (non-hydrogen) atoms. The topological polar surface area (TPSA) is 60.2 Å². The normalized spacial score (nSPS) is 11.2. The van der Waals surface area contributed by atoms with Gasteiger partial charge < -0.3 is 9.30 Å². The van der Waals surface area contributed by atoms with Crippen molar-refractivity contribution in [2.24, 2.45) is 7.05 Å². The third-order valence-electron chi connectivity index (χ3n) is 5.52. The summed E-state index contributed by atoms with van der Waals surface area (Å²) < 4.78 is 7.63. The highest BCUT2D eigenvalue weighted by atomic mass is 16.5. The van der Waals surface area contributed by atoms with Gasteiger partial charge in [0.1, 0.15) is 5.75 Å². The van der Waals surface area contributed by atoms with Crippen LogP contribution in [0, 0.1) is 0 Å². The molecule has 1 aromatic carbocycles. The Labute approximate surface area is 188 Å². The fraction of sp³-hybridized carbons (Fsp3) is 0.269. The van der Waals surface area contributed by atoms with Gasteiger partial charge in [-0.1, -0.05) is 6.07 Å². The molecule has 0 fully saturated rings. The summed E-state index contributed by atoms with van der Waals surface area (Å²) in [4.78, 5) is 22.6. The number of ether oxygens (including phenoxy) is 1. The van der Waals surface area contributed by atoms with Crippen LogP contribution < -0.4 is 10.3 Å². The third kappa shape index (κ3) is 5.80. The molecule has 0 aliphatic heterocycles. The first-order chi connectivity index (χ1) is 15.7. The average Bonchev–Trinajstić information content (AvgIpc) is 2.82. The summed E-state index contributed by atoms with van der Waals surface area (Å²) in [7, 11) is 1.79. The maximum atomic E-state index is 11.8. The van der Waals surface area contributed by atoms with Crippen molar-refractivity contribution in [2.75, 3.05) is 13.2 Å². The van der Waals surface area contributed by atoms with Crippen molar-refractivity contribution in [1.82, 2.24) is 19.4 Å². The Balaban J connectivity index is 1.30. The van der Waals surface area contributed by atoms with Gasteiger partial charge in [0.05, 0.1) is 12.1 Å². The van der Waals surface area contributed by atoms with E-state index in [9.17, 15) is 4.79 Å². The summed E-state index contributed by atoms with van der Waals surface area (Å²) in [6, 6.07) is 17.5. The summed E-state index contributed by atoms with van der Waals surface area (Å²) in [5.41, 5.74) is 3.37. The summed E-state index contributed by atoms with van der Waals surface area (Å²) >= 11 is 0. The van der Waals surface area contributed by atoms with Gasteiger partial charge >= 0.3 is 0 Å². The third-order valence-corrected chi connectivity index (χ3v) is 5.52. The van der Waals surface area contributed by atoms with Crippen LogP contribution in [0.2, 0.25) is 0 Å². The molecule has 0 aliphatic carbocycles. The first kappa shape index (κ1) is 21.7. The number of rotatable bonds is 10. The van der Waals surface area contributed by atoms with Crippen LogP contribution in [-0.2, 0) is 20.1 Å². The molecule has 3 heterocycles. The van der Waals surface area contributed by atoms with E-state index in [0.29, 0.717) is 6.61 Å². The Kier molecular flexibility index (Phi) is 7.25. The molecule has 6 heteroatoms. The Morgan fingerprint density at radius 3 is 2.56 bits per heavy atom. The van der Waals surface area contributed by atoms with Gasteiger partial charge in [-0.25, -0.2) is 0 Å². The van der Waals surface area contributed by atoms with Crippen molar-refractivity contribution < 1.29 is 4.74 Å². The first-order valence-corrected chi connectivity index (χ1v) is 10.9. The van der Waals surface area contributed by atoms with Crippen molar-refractivity contribution in [3.8, 4) is 5.75 Å². The van der Waals surface area contributed by atoms with Crippen LogP contribution in [0.15, 0.2) is 84.2 Å². The number of fused-ring (bicyclic) bond motifs is 1. The summed E-state index contributed by atoms with van der Waals surface area (Å²) in [6.07, 6.45) is 9.41. The van der Waals surface area contributed by atoms with E-state index in [1.165, 1.54) is 11.1 Å². The van der Waals surface area contributed by atoms with Crippen LogP contribution in [0.1, 0.15) is 24.0 Å². The van der Waals surface area contributed by atoms with Crippen molar-refractivity contribution in [1.29, 1.82) is 0 Å². The molecule has 0 saturated carbocycles. The molecular formula is C26H28N4O2. The molecule has 164 valence electrons. The highest BCUT2D eigenvalue weighted by molar-refractivity contribution is 5.80. The number of aromatic nitrogens is 3. The van der Waals surface area contributed by atoms with E-state index in [-0.39, 0.29) is 5.56 Å². The van der Waals surface area contributed by atoms with Gasteiger partial charge in [-0.3, -0.25) is 19.7 Å². The van der Waals surface area contributed by atoms with Crippen molar-refractivity contribution in [2.45, 2.75) is 25.9 Å². The van der Waals surface area contributed by atoms with Crippen molar-refractivity contribution in [3.05, 3.63) is 101 Å². The molecule has 0 spiro atoms. The number of benzene rings is 1. The predicted molar refractivity (Wildman–Crippen MR) is 127 cm³/mol. The van der Waals surface area contributed by atoms with Gasteiger partial charge in [0.15, 0.2) is 0 Å². The van der Waals surface area contributed by atoms with Crippen molar-refractivity contribution >= 4 is 10.9 Å². The molecule has 4 rings (SSSR count). The van der Waals surface area contributed by atoms with Crippen molar-refractivity contribution in [3.63, 3.8) is 0 Å². The van der Waals surface area contributed by atoms with E-state index in [0.717, 1.165) is 49.1 Å². The van der Waals surface area contributed by atoms with Crippen LogP contribution >= 0.6 is 0 Å². The van der Waals surface area contributed by atoms with Gasteiger partial charge in [0.25, 0.3) is 5.56 Å². The standard InChI is InChI=1S/C26H28N4O2/c1-29-25-8-7-24(17-23(25)6-9-26(29)31)32-16-3-2-15-30(19-21-10-13-27-14-11-21)20-22-5-4-12-28-18-22/h4-14,17-18H,2-3,15-16,19-20H2,1H3. The fourth-order valence-electron chi connectivity index (χ4n) is 3.79. The predicted octanol–water partition coefficient (Wildman–Crippen LogP) is 4.19. The van der Waals surface area contributed by atoms with Crippen LogP contribution in [0.4, 0.5) is 0 Å². The second-order valence-corrected chi connectivity index (χ2v) is 7.93. The molecular weight excluding hydrogens is 400 g/mol. The Morgan fingerprint density at radius 2 is 1.75 bits per heavy atom. The molecule has 0 atom stereocenters. The van der Waals surface area contributed by atoms with Gasteiger partial charge in [0, 0.05) is 56.4 Å². The van der Waals surface area contributed by atoms with E-state index < -0.39 is 0 Å².